The van der Waals surface area contributed by atoms with Crippen molar-refractivity contribution >= 4 is 11.8 Å². The Hall–Kier alpha value is -1.10. The van der Waals surface area contributed by atoms with Gasteiger partial charge in [0.2, 0.25) is 11.8 Å². The van der Waals surface area contributed by atoms with E-state index in [1.165, 1.54) is 0 Å². The second kappa shape index (κ2) is 6.37. The number of nitrogens with zero attached hydrogens (tertiary/aromatic N) is 1. The summed E-state index contributed by atoms with van der Waals surface area (Å²) in [4.78, 5) is 26.4. The Balaban J connectivity index is 1.94. The molecule has 0 aromatic carbocycles. The average Bonchev–Trinajstić information content (AvgIpc) is 3.05. The van der Waals surface area contributed by atoms with Crippen LogP contribution in [0.25, 0.3) is 0 Å². The van der Waals surface area contributed by atoms with E-state index in [1.54, 1.807) is 0 Å². The molecule has 2 atom stereocenters. The average molecular weight is 267 g/mol. The standard InChI is InChI=1S/C14H25N3O2/c1-10(2)12(14(19)17-8-3-4-9-17)16-13(18)11-6-5-7-15-11/h10-12,15H,3-9H2,1-2H3,(H,16,18). The summed E-state index contributed by atoms with van der Waals surface area (Å²) in [5.41, 5.74) is 0. The smallest absolute Gasteiger partial charge is 0.245 e. The van der Waals surface area contributed by atoms with Crippen LogP contribution in [0.4, 0.5) is 0 Å². The van der Waals surface area contributed by atoms with E-state index in [0.29, 0.717) is 0 Å². The van der Waals surface area contributed by atoms with Crippen LogP contribution >= 0.6 is 0 Å². The molecule has 0 bridgehead atoms. The number of amides is 2. The lowest BCUT2D eigenvalue weighted by molar-refractivity contribution is -0.137. The third-order valence-corrected chi connectivity index (χ3v) is 4.03. The summed E-state index contributed by atoms with van der Waals surface area (Å²) < 4.78 is 0. The molecule has 0 spiro atoms. The zero-order valence-electron chi connectivity index (χ0n) is 11.9. The fourth-order valence-corrected chi connectivity index (χ4v) is 2.81. The van der Waals surface area contributed by atoms with Crippen LogP contribution in [0.15, 0.2) is 0 Å². The van der Waals surface area contributed by atoms with E-state index in [-0.39, 0.29) is 29.8 Å². The first-order valence-corrected chi connectivity index (χ1v) is 7.42. The lowest BCUT2D eigenvalue weighted by Gasteiger charge is -2.27. The van der Waals surface area contributed by atoms with Crippen LogP contribution in [0.3, 0.4) is 0 Å². The number of nitrogens with one attached hydrogen (secondary N) is 2. The molecule has 0 radical (unpaired) electrons. The van der Waals surface area contributed by atoms with Crippen molar-refractivity contribution in [2.24, 2.45) is 5.92 Å². The number of hydrogen-bond acceptors (Lipinski definition) is 3. The van der Waals surface area contributed by atoms with Crippen LogP contribution in [0, 0.1) is 5.92 Å². The highest BCUT2D eigenvalue weighted by Crippen LogP contribution is 2.14. The van der Waals surface area contributed by atoms with Gasteiger partial charge in [-0.05, 0) is 38.1 Å². The van der Waals surface area contributed by atoms with Gasteiger partial charge < -0.3 is 15.5 Å². The van der Waals surface area contributed by atoms with Gasteiger partial charge in [0, 0.05) is 13.1 Å². The van der Waals surface area contributed by atoms with Gasteiger partial charge in [0.15, 0.2) is 0 Å². The predicted octanol–water partition coefficient (Wildman–Crippen LogP) is 0.502. The molecule has 2 rings (SSSR count). The molecule has 5 heteroatoms. The van der Waals surface area contributed by atoms with Crippen LogP contribution in [0.1, 0.15) is 39.5 Å². The Morgan fingerprint density at radius 3 is 2.42 bits per heavy atom. The monoisotopic (exact) mass is 267 g/mol. The van der Waals surface area contributed by atoms with Crippen molar-refractivity contribution in [1.82, 2.24) is 15.5 Å². The minimum atomic E-state index is -0.381. The van der Waals surface area contributed by atoms with Gasteiger partial charge in [0.1, 0.15) is 6.04 Å². The molecule has 2 N–H and O–H groups in total. The van der Waals surface area contributed by atoms with Crippen molar-refractivity contribution in [1.29, 1.82) is 0 Å². The number of rotatable bonds is 4. The van der Waals surface area contributed by atoms with E-state index in [2.05, 4.69) is 10.6 Å². The van der Waals surface area contributed by atoms with E-state index >= 15 is 0 Å². The Morgan fingerprint density at radius 1 is 1.21 bits per heavy atom. The SMILES string of the molecule is CC(C)C(NC(=O)C1CCCN1)C(=O)N1CCCC1. The maximum atomic E-state index is 12.4. The number of carbonyl (C=O) groups is 2. The van der Waals surface area contributed by atoms with Gasteiger partial charge in [-0.25, -0.2) is 0 Å². The van der Waals surface area contributed by atoms with E-state index in [0.717, 1.165) is 45.3 Å². The quantitative estimate of drug-likeness (QED) is 0.780. The van der Waals surface area contributed by atoms with Crippen molar-refractivity contribution < 1.29 is 9.59 Å². The molecule has 2 unspecified atom stereocenters. The maximum Gasteiger partial charge on any atom is 0.245 e. The minimum absolute atomic E-state index is 0.0243. The second-order valence-corrected chi connectivity index (χ2v) is 5.91. The molecule has 0 aromatic rings. The van der Waals surface area contributed by atoms with Crippen molar-refractivity contribution in [3.05, 3.63) is 0 Å². The molecule has 19 heavy (non-hydrogen) atoms. The second-order valence-electron chi connectivity index (χ2n) is 5.91. The Labute approximate surface area is 115 Å². The molecule has 2 heterocycles. The fourth-order valence-electron chi connectivity index (χ4n) is 2.81. The summed E-state index contributed by atoms with van der Waals surface area (Å²) in [5.74, 6) is 0.182. The van der Waals surface area contributed by atoms with E-state index < -0.39 is 0 Å². The predicted molar refractivity (Wildman–Crippen MR) is 73.6 cm³/mol. The minimum Gasteiger partial charge on any atom is -0.343 e. The Kier molecular flexibility index (Phi) is 4.80. The first-order valence-electron chi connectivity index (χ1n) is 7.42. The van der Waals surface area contributed by atoms with Gasteiger partial charge in [0.05, 0.1) is 6.04 Å². The van der Waals surface area contributed by atoms with Crippen LogP contribution in [-0.2, 0) is 9.59 Å². The third kappa shape index (κ3) is 3.47. The third-order valence-electron chi connectivity index (χ3n) is 4.03. The van der Waals surface area contributed by atoms with Gasteiger partial charge in [0.25, 0.3) is 0 Å². The van der Waals surface area contributed by atoms with E-state index in [9.17, 15) is 9.59 Å². The van der Waals surface area contributed by atoms with Crippen LogP contribution in [0.5, 0.6) is 0 Å². The molecule has 108 valence electrons. The molecule has 2 saturated heterocycles. The molecular formula is C14H25N3O2. The molecule has 2 aliphatic rings. The van der Waals surface area contributed by atoms with Gasteiger partial charge in [-0.3, -0.25) is 9.59 Å². The van der Waals surface area contributed by atoms with Crippen LogP contribution in [-0.4, -0.2) is 48.4 Å². The van der Waals surface area contributed by atoms with Gasteiger partial charge in [-0.2, -0.15) is 0 Å². The summed E-state index contributed by atoms with van der Waals surface area (Å²) in [6, 6.07) is -0.499. The lowest BCUT2D eigenvalue weighted by Crippen LogP contribution is -2.54. The fraction of sp³-hybridized carbons (Fsp3) is 0.857. The zero-order valence-corrected chi connectivity index (χ0v) is 11.9. The molecular weight excluding hydrogens is 242 g/mol. The van der Waals surface area contributed by atoms with E-state index in [1.807, 2.05) is 18.7 Å². The topological polar surface area (TPSA) is 61.4 Å². The van der Waals surface area contributed by atoms with Crippen molar-refractivity contribution in [3.63, 3.8) is 0 Å². The zero-order chi connectivity index (χ0) is 13.8. The highest BCUT2D eigenvalue weighted by atomic mass is 16.2. The highest BCUT2D eigenvalue weighted by molar-refractivity contribution is 5.90. The van der Waals surface area contributed by atoms with Crippen LogP contribution in [0.2, 0.25) is 0 Å². The molecule has 2 amide bonds. The van der Waals surface area contributed by atoms with Gasteiger partial charge in [-0.1, -0.05) is 13.8 Å². The number of hydrogen-bond donors (Lipinski definition) is 2. The highest BCUT2D eigenvalue weighted by Gasteiger charge is 2.32. The number of likely N-dealkylation sites (tertiary alicyclic amines) is 1. The Morgan fingerprint density at radius 2 is 1.89 bits per heavy atom. The van der Waals surface area contributed by atoms with Gasteiger partial charge >= 0.3 is 0 Å². The summed E-state index contributed by atoms with van der Waals surface area (Å²) in [6.45, 7) is 6.53. The Bertz CT molecular complexity index is 332. The summed E-state index contributed by atoms with van der Waals surface area (Å²) in [5, 5.41) is 6.11. The first kappa shape index (κ1) is 14.3. The van der Waals surface area contributed by atoms with Gasteiger partial charge in [-0.15, -0.1) is 0 Å². The summed E-state index contributed by atoms with van der Waals surface area (Å²) >= 11 is 0. The molecule has 0 saturated carbocycles. The summed E-state index contributed by atoms with van der Waals surface area (Å²) in [6.07, 6.45) is 4.06. The number of carbonyl (C=O) groups excluding carboxylic acids is 2. The normalized spacial score (nSPS) is 24.8. The van der Waals surface area contributed by atoms with E-state index in [4.69, 9.17) is 0 Å². The lowest BCUT2D eigenvalue weighted by atomic mass is 10.0. The maximum absolute atomic E-state index is 12.4. The van der Waals surface area contributed by atoms with Crippen molar-refractivity contribution in [2.75, 3.05) is 19.6 Å². The van der Waals surface area contributed by atoms with Crippen molar-refractivity contribution in [2.45, 2.75) is 51.6 Å². The largest absolute Gasteiger partial charge is 0.343 e. The summed E-state index contributed by atoms with van der Waals surface area (Å²) in [7, 11) is 0. The first-order chi connectivity index (χ1) is 9.09. The molecule has 5 nitrogen and oxygen atoms in total. The molecule has 2 fully saturated rings. The molecule has 2 aliphatic heterocycles. The van der Waals surface area contributed by atoms with Crippen LogP contribution < -0.4 is 10.6 Å². The molecule has 0 aliphatic carbocycles. The van der Waals surface area contributed by atoms with Crippen molar-refractivity contribution in [3.8, 4) is 0 Å². The molecule has 0 aromatic heterocycles.